The van der Waals surface area contributed by atoms with Crippen molar-refractivity contribution in [1.29, 1.82) is 0 Å². The molecule has 0 radical (unpaired) electrons. The Kier molecular flexibility index (Phi) is 7.91. The summed E-state index contributed by atoms with van der Waals surface area (Å²) < 4.78 is 10.6. The van der Waals surface area contributed by atoms with Gasteiger partial charge in [0.15, 0.2) is 6.29 Å². The van der Waals surface area contributed by atoms with Gasteiger partial charge in [0.2, 0.25) is 0 Å². The molecule has 1 aliphatic heterocycles. The number of ether oxygens (including phenoxy) is 2. The van der Waals surface area contributed by atoms with E-state index in [1.807, 2.05) is 0 Å². The molecule has 1 aliphatic rings. The highest BCUT2D eigenvalue weighted by Crippen LogP contribution is 2.26. The summed E-state index contributed by atoms with van der Waals surface area (Å²) in [5.74, 6) is 1.66. The van der Waals surface area contributed by atoms with Gasteiger partial charge in [-0.2, -0.15) is 0 Å². The third kappa shape index (κ3) is 5.38. The van der Waals surface area contributed by atoms with Crippen LogP contribution in [0.5, 0.6) is 0 Å². The number of nitrogens with zero attached hydrogens (tertiary/aromatic N) is 1. The van der Waals surface area contributed by atoms with E-state index >= 15 is 0 Å². The molecule has 1 saturated heterocycles. The molecule has 0 amide bonds. The van der Waals surface area contributed by atoms with Gasteiger partial charge in [-0.1, -0.05) is 13.8 Å². The molecule has 4 nitrogen and oxygen atoms in total. The summed E-state index contributed by atoms with van der Waals surface area (Å²) in [6.07, 6.45) is 4.64. The number of hydrogen-bond acceptors (Lipinski definition) is 4. The predicted molar refractivity (Wildman–Crippen MR) is 79.0 cm³/mol. The van der Waals surface area contributed by atoms with E-state index in [1.54, 1.807) is 14.2 Å². The maximum atomic E-state index is 5.95. The minimum Gasteiger partial charge on any atom is -0.356 e. The van der Waals surface area contributed by atoms with Crippen LogP contribution in [-0.2, 0) is 9.47 Å². The van der Waals surface area contributed by atoms with E-state index in [-0.39, 0.29) is 6.29 Å². The number of rotatable bonds is 7. The van der Waals surface area contributed by atoms with Crippen molar-refractivity contribution >= 4 is 0 Å². The average Bonchev–Trinajstić information content (AvgIpc) is 2.66. The van der Waals surface area contributed by atoms with Crippen molar-refractivity contribution in [2.75, 3.05) is 33.9 Å². The van der Waals surface area contributed by atoms with Gasteiger partial charge in [0, 0.05) is 33.2 Å². The first-order chi connectivity index (χ1) is 9.12. The lowest BCUT2D eigenvalue weighted by atomic mass is 9.89. The molecule has 0 aromatic carbocycles. The first-order valence-corrected chi connectivity index (χ1v) is 7.62. The fourth-order valence-electron chi connectivity index (χ4n) is 3.08. The van der Waals surface area contributed by atoms with Crippen LogP contribution >= 0.6 is 0 Å². The number of nitrogens with two attached hydrogens (primary N) is 1. The summed E-state index contributed by atoms with van der Waals surface area (Å²) in [7, 11) is 3.39. The van der Waals surface area contributed by atoms with Crippen LogP contribution in [0.3, 0.4) is 0 Å². The van der Waals surface area contributed by atoms with Crippen LogP contribution in [0.1, 0.15) is 39.5 Å². The SMILES string of the molecule is COC(CC(CN)N1CCCC(C(C)C)CC1)OC. The standard InChI is InChI=1S/C15H32N2O2/c1-12(2)13-6-5-8-17(9-7-13)14(11-16)10-15(18-3)19-4/h12-15H,5-11,16H2,1-4H3. The van der Waals surface area contributed by atoms with Gasteiger partial charge >= 0.3 is 0 Å². The summed E-state index contributed by atoms with van der Waals surface area (Å²) in [4.78, 5) is 2.54. The highest BCUT2D eigenvalue weighted by Gasteiger charge is 2.25. The smallest absolute Gasteiger partial charge is 0.158 e. The molecule has 1 rings (SSSR count). The van der Waals surface area contributed by atoms with Gasteiger partial charge in [0.05, 0.1) is 0 Å². The lowest BCUT2D eigenvalue weighted by Crippen LogP contribution is -2.43. The largest absolute Gasteiger partial charge is 0.356 e. The van der Waals surface area contributed by atoms with Crippen LogP contribution < -0.4 is 5.73 Å². The Morgan fingerprint density at radius 3 is 2.37 bits per heavy atom. The van der Waals surface area contributed by atoms with Gasteiger partial charge < -0.3 is 15.2 Å². The fourth-order valence-corrected chi connectivity index (χ4v) is 3.08. The molecular formula is C15H32N2O2. The zero-order valence-electron chi connectivity index (χ0n) is 13.1. The Balaban J connectivity index is 2.51. The van der Waals surface area contributed by atoms with E-state index in [0.29, 0.717) is 12.6 Å². The predicted octanol–water partition coefficient (Wildman–Crippen LogP) is 2.08. The summed E-state index contributed by atoms with van der Waals surface area (Å²) >= 11 is 0. The highest BCUT2D eigenvalue weighted by molar-refractivity contribution is 4.79. The summed E-state index contributed by atoms with van der Waals surface area (Å²) in [5.41, 5.74) is 5.95. The first kappa shape index (κ1) is 16.9. The van der Waals surface area contributed by atoms with E-state index in [4.69, 9.17) is 15.2 Å². The van der Waals surface area contributed by atoms with Crippen LogP contribution in [0.25, 0.3) is 0 Å². The maximum Gasteiger partial charge on any atom is 0.158 e. The molecule has 2 N–H and O–H groups in total. The second-order valence-electron chi connectivity index (χ2n) is 6.00. The molecule has 1 fully saturated rings. The van der Waals surface area contributed by atoms with Crippen molar-refractivity contribution in [3.63, 3.8) is 0 Å². The lowest BCUT2D eigenvalue weighted by Gasteiger charge is -2.31. The van der Waals surface area contributed by atoms with Crippen molar-refractivity contribution in [3.8, 4) is 0 Å². The Labute approximate surface area is 118 Å². The van der Waals surface area contributed by atoms with Crippen molar-refractivity contribution in [2.24, 2.45) is 17.6 Å². The average molecular weight is 272 g/mol. The number of methoxy groups -OCH3 is 2. The molecule has 0 saturated carbocycles. The van der Waals surface area contributed by atoms with E-state index < -0.39 is 0 Å². The Morgan fingerprint density at radius 1 is 1.16 bits per heavy atom. The van der Waals surface area contributed by atoms with E-state index in [9.17, 15) is 0 Å². The molecule has 1 heterocycles. The van der Waals surface area contributed by atoms with Gasteiger partial charge in [-0.05, 0) is 44.2 Å². The summed E-state index contributed by atoms with van der Waals surface area (Å²) in [5, 5.41) is 0. The normalized spacial score (nSPS) is 23.8. The molecule has 0 spiro atoms. The summed E-state index contributed by atoms with van der Waals surface area (Å²) in [6, 6.07) is 0.371. The van der Waals surface area contributed by atoms with Gasteiger partial charge in [0.25, 0.3) is 0 Å². The van der Waals surface area contributed by atoms with Crippen LogP contribution in [-0.4, -0.2) is 51.1 Å². The molecule has 0 bridgehead atoms. The third-order valence-electron chi connectivity index (χ3n) is 4.53. The molecule has 0 aromatic heterocycles. The molecular weight excluding hydrogens is 240 g/mol. The minimum atomic E-state index is -0.141. The lowest BCUT2D eigenvalue weighted by molar-refractivity contribution is -0.116. The van der Waals surface area contributed by atoms with Crippen LogP contribution in [0.2, 0.25) is 0 Å². The zero-order chi connectivity index (χ0) is 14.3. The molecule has 19 heavy (non-hydrogen) atoms. The van der Waals surface area contributed by atoms with Crippen LogP contribution in [0, 0.1) is 11.8 Å². The van der Waals surface area contributed by atoms with Crippen molar-refractivity contribution < 1.29 is 9.47 Å². The maximum absolute atomic E-state index is 5.95. The molecule has 2 unspecified atom stereocenters. The quantitative estimate of drug-likeness (QED) is 0.721. The molecule has 0 aliphatic carbocycles. The number of likely N-dealkylation sites (tertiary alicyclic amines) is 1. The topological polar surface area (TPSA) is 47.7 Å². The van der Waals surface area contributed by atoms with Crippen molar-refractivity contribution in [1.82, 2.24) is 4.90 Å². The Morgan fingerprint density at radius 2 is 1.84 bits per heavy atom. The van der Waals surface area contributed by atoms with Crippen LogP contribution in [0.15, 0.2) is 0 Å². The first-order valence-electron chi connectivity index (χ1n) is 7.62. The summed E-state index contributed by atoms with van der Waals surface area (Å²) in [6.45, 7) is 7.67. The van der Waals surface area contributed by atoms with Gasteiger partial charge in [0.1, 0.15) is 0 Å². The van der Waals surface area contributed by atoms with Gasteiger partial charge in [-0.15, -0.1) is 0 Å². The zero-order valence-corrected chi connectivity index (χ0v) is 13.1. The van der Waals surface area contributed by atoms with E-state index in [1.165, 1.54) is 19.3 Å². The van der Waals surface area contributed by atoms with Gasteiger partial charge in [-0.3, -0.25) is 4.90 Å². The third-order valence-corrected chi connectivity index (χ3v) is 4.53. The monoisotopic (exact) mass is 272 g/mol. The molecule has 114 valence electrons. The van der Waals surface area contributed by atoms with Crippen molar-refractivity contribution in [3.05, 3.63) is 0 Å². The number of hydrogen-bond donors (Lipinski definition) is 1. The fraction of sp³-hybridized carbons (Fsp3) is 1.00. The molecule has 2 atom stereocenters. The van der Waals surface area contributed by atoms with Crippen molar-refractivity contribution in [2.45, 2.75) is 51.9 Å². The molecule has 4 heteroatoms. The minimum absolute atomic E-state index is 0.141. The Hall–Kier alpha value is -0.160. The van der Waals surface area contributed by atoms with Gasteiger partial charge in [-0.25, -0.2) is 0 Å². The highest BCUT2D eigenvalue weighted by atomic mass is 16.7. The van der Waals surface area contributed by atoms with Crippen LogP contribution in [0.4, 0.5) is 0 Å². The second-order valence-corrected chi connectivity index (χ2v) is 6.00. The second kappa shape index (κ2) is 8.90. The Bertz CT molecular complexity index is 232. The van der Waals surface area contributed by atoms with E-state index in [2.05, 4.69) is 18.7 Å². The van der Waals surface area contributed by atoms with E-state index in [0.717, 1.165) is 31.3 Å². The molecule has 0 aromatic rings.